The quantitative estimate of drug-likeness (QED) is 0.548. The molecule has 0 bridgehead atoms. The predicted octanol–water partition coefficient (Wildman–Crippen LogP) is 5.00. The first kappa shape index (κ1) is 21.5. The Morgan fingerprint density at radius 1 is 1.03 bits per heavy atom. The summed E-state index contributed by atoms with van der Waals surface area (Å²) in [5.74, 6) is 0. The summed E-state index contributed by atoms with van der Waals surface area (Å²) in [7, 11) is -3.54. The number of thiophene rings is 1. The van der Waals surface area contributed by atoms with Crippen molar-refractivity contribution < 1.29 is 8.42 Å². The molecule has 4 rings (SSSR count). The van der Waals surface area contributed by atoms with Gasteiger partial charge in [0, 0.05) is 41.1 Å². The van der Waals surface area contributed by atoms with Gasteiger partial charge in [0.1, 0.15) is 5.01 Å². The van der Waals surface area contributed by atoms with Crippen LogP contribution in [0.2, 0.25) is 0 Å². The molecule has 3 heterocycles. The zero-order valence-corrected chi connectivity index (χ0v) is 20.4. The van der Waals surface area contributed by atoms with E-state index in [1.807, 2.05) is 26.8 Å². The van der Waals surface area contributed by atoms with Crippen LogP contribution in [0.3, 0.4) is 0 Å². The van der Waals surface area contributed by atoms with Gasteiger partial charge in [0.2, 0.25) is 10.0 Å². The van der Waals surface area contributed by atoms with Crippen LogP contribution in [0, 0.1) is 27.7 Å². The lowest BCUT2D eigenvalue weighted by atomic mass is 10.1. The van der Waals surface area contributed by atoms with Crippen LogP contribution in [0.15, 0.2) is 35.2 Å². The van der Waals surface area contributed by atoms with E-state index in [4.69, 9.17) is 0 Å². The Balaban J connectivity index is 1.57. The number of benzene rings is 1. The SMILES string of the molecule is Cc1cccc(N2CCN(S(=O)(=O)c3cc(-c4nc(C)c(C)s4)sc3C)CC2C)c1. The summed E-state index contributed by atoms with van der Waals surface area (Å²) in [5, 5.41) is 0.900. The molecular formula is C22H27N3O2S3. The number of hydrogen-bond acceptors (Lipinski definition) is 6. The zero-order chi connectivity index (χ0) is 21.6. The molecule has 0 aliphatic carbocycles. The van der Waals surface area contributed by atoms with Gasteiger partial charge in [-0.2, -0.15) is 4.31 Å². The van der Waals surface area contributed by atoms with Gasteiger partial charge in [0.15, 0.2) is 0 Å². The minimum Gasteiger partial charge on any atom is -0.366 e. The molecule has 30 heavy (non-hydrogen) atoms. The molecule has 1 fully saturated rings. The Hall–Kier alpha value is -1.74. The van der Waals surface area contributed by atoms with Crippen LogP contribution < -0.4 is 4.90 Å². The highest BCUT2D eigenvalue weighted by molar-refractivity contribution is 7.89. The van der Waals surface area contributed by atoms with Gasteiger partial charge < -0.3 is 4.90 Å². The molecule has 5 nitrogen and oxygen atoms in total. The number of sulfonamides is 1. The monoisotopic (exact) mass is 461 g/mol. The average molecular weight is 462 g/mol. The fraction of sp³-hybridized carbons (Fsp3) is 0.409. The van der Waals surface area contributed by atoms with Gasteiger partial charge in [-0.25, -0.2) is 13.4 Å². The molecule has 1 saturated heterocycles. The highest BCUT2D eigenvalue weighted by Gasteiger charge is 2.34. The Morgan fingerprint density at radius 2 is 1.80 bits per heavy atom. The third-order valence-corrected chi connectivity index (χ3v) is 10.1. The molecule has 8 heteroatoms. The van der Waals surface area contributed by atoms with Crippen molar-refractivity contribution in [3.63, 3.8) is 0 Å². The van der Waals surface area contributed by atoms with Crippen LogP contribution in [0.5, 0.6) is 0 Å². The summed E-state index contributed by atoms with van der Waals surface area (Å²) in [6, 6.07) is 10.3. The number of aromatic nitrogens is 1. The smallest absolute Gasteiger partial charge is 0.244 e. The molecule has 0 saturated carbocycles. The number of rotatable bonds is 4. The van der Waals surface area contributed by atoms with Gasteiger partial charge in [-0.15, -0.1) is 22.7 Å². The van der Waals surface area contributed by atoms with E-state index in [9.17, 15) is 8.42 Å². The number of anilines is 1. The van der Waals surface area contributed by atoms with Crippen molar-refractivity contribution in [2.75, 3.05) is 24.5 Å². The largest absolute Gasteiger partial charge is 0.366 e. The third-order valence-electron chi connectivity index (χ3n) is 5.65. The lowest BCUT2D eigenvalue weighted by Gasteiger charge is -2.40. The molecule has 0 radical (unpaired) electrons. The Kier molecular flexibility index (Phi) is 5.78. The first-order chi connectivity index (χ1) is 14.2. The highest BCUT2D eigenvalue weighted by Crippen LogP contribution is 2.38. The normalized spacial score (nSPS) is 18.2. The van der Waals surface area contributed by atoms with E-state index in [-0.39, 0.29) is 6.04 Å². The second-order valence-electron chi connectivity index (χ2n) is 7.94. The fourth-order valence-corrected chi connectivity index (χ4v) is 7.91. The van der Waals surface area contributed by atoms with Crippen molar-refractivity contribution in [1.29, 1.82) is 0 Å². The minimum atomic E-state index is -3.54. The maximum atomic E-state index is 13.5. The van der Waals surface area contributed by atoms with Crippen LogP contribution in [-0.4, -0.2) is 43.4 Å². The minimum absolute atomic E-state index is 0.109. The number of thiazole rings is 1. The second kappa shape index (κ2) is 8.07. The Labute approximate surface area is 187 Å². The molecule has 2 aromatic heterocycles. The van der Waals surface area contributed by atoms with E-state index in [2.05, 4.69) is 48.0 Å². The number of nitrogens with zero attached hydrogens (tertiary/aromatic N) is 3. The van der Waals surface area contributed by atoms with E-state index >= 15 is 0 Å². The topological polar surface area (TPSA) is 53.5 Å². The zero-order valence-electron chi connectivity index (χ0n) is 18.0. The molecule has 1 aromatic carbocycles. The number of hydrogen-bond donors (Lipinski definition) is 0. The Morgan fingerprint density at radius 3 is 2.43 bits per heavy atom. The maximum Gasteiger partial charge on any atom is 0.244 e. The molecule has 0 spiro atoms. The summed E-state index contributed by atoms with van der Waals surface area (Å²) in [6.07, 6.45) is 0. The van der Waals surface area contributed by atoms with Crippen molar-refractivity contribution in [2.24, 2.45) is 0 Å². The highest BCUT2D eigenvalue weighted by atomic mass is 32.2. The fourth-order valence-electron chi connectivity index (χ4n) is 3.88. The van der Waals surface area contributed by atoms with Crippen molar-refractivity contribution in [1.82, 2.24) is 9.29 Å². The van der Waals surface area contributed by atoms with Crippen molar-refractivity contribution in [3.05, 3.63) is 51.3 Å². The lowest BCUT2D eigenvalue weighted by Crippen LogP contribution is -2.53. The molecule has 0 amide bonds. The third kappa shape index (κ3) is 3.93. The first-order valence-electron chi connectivity index (χ1n) is 10.0. The van der Waals surface area contributed by atoms with Crippen molar-refractivity contribution >= 4 is 38.4 Å². The molecular weight excluding hydrogens is 434 g/mol. The average Bonchev–Trinajstić information content (AvgIpc) is 3.24. The van der Waals surface area contributed by atoms with Gasteiger partial charge >= 0.3 is 0 Å². The maximum absolute atomic E-state index is 13.5. The van der Waals surface area contributed by atoms with Gasteiger partial charge in [-0.3, -0.25) is 0 Å². The van der Waals surface area contributed by atoms with Gasteiger partial charge in [0.05, 0.1) is 15.5 Å². The van der Waals surface area contributed by atoms with Crippen LogP contribution >= 0.6 is 22.7 Å². The number of aryl methyl sites for hydroxylation is 4. The van der Waals surface area contributed by atoms with Crippen LogP contribution in [0.4, 0.5) is 5.69 Å². The van der Waals surface area contributed by atoms with Crippen LogP contribution in [0.1, 0.15) is 27.9 Å². The molecule has 1 aliphatic rings. The molecule has 3 aromatic rings. The Bertz CT molecular complexity index is 1160. The lowest BCUT2D eigenvalue weighted by molar-refractivity contribution is 0.342. The van der Waals surface area contributed by atoms with Crippen molar-refractivity contribution in [2.45, 2.75) is 45.6 Å². The summed E-state index contributed by atoms with van der Waals surface area (Å²) < 4.78 is 28.6. The van der Waals surface area contributed by atoms with E-state index in [0.717, 1.165) is 26.1 Å². The molecule has 1 atom stereocenters. The summed E-state index contributed by atoms with van der Waals surface area (Å²) in [6.45, 7) is 11.8. The summed E-state index contributed by atoms with van der Waals surface area (Å²) >= 11 is 3.13. The summed E-state index contributed by atoms with van der Waals surface area (Å²) in [4.78, 5) is 10.2. The molecule has 0 N–H and O–H groups in total. The van der Waals surface area contributed by atoms with E-state index in [0.29, 0.717) is 24.5 Å². The first-order valence-corrected chi connectivity index (χ1v) is 13.1. The van der Waals surface area contributed by atoms with Crippen molar-refractivity contribution in [3.8, 4) is 9.88 Å². The van der Waals surface area contributed by atoms with Gasteiger partial charge in [-0.05, 0) is 58.4 Å². The van der Waals surface area contributed by atoms with E-state index in [1.54, 1.807) is 15.6 Å². The predicted molar refractivity (Wildman–Crippen MR) is 126 cm³/mol. The van der Waals surface area contributed by atoms with Gasteiger partial charge in [0.25, 0.3) is 0 Å². The molecule has 160 valence electrons. The standard InChI is InChI=1S/C22H27N3O2S3/c1-14-7-6-8-19(11-14)25-10-9-24(13-15(25)2)30(26,27)21-12-20(28-18(21)5)22-23-16(3)17(4)29-22/h6-8,11-12,15H,9-10,13H2,1-5H3. The molecule has 1 unspecified atom stereocenters. The molecule has 1 aliphatic heterocycles. The summed E-state index contributed by atoms with van der Waals surface area (Å²) in [5.41, 5.74) is 3.37. The second-order valence-corrected chi connectivity index (χ2v) is 12.3. The van der Waals surface area contributed by atoms with Gasteiger partial charge in [-0.1, -0.05) is 12.1 Å². The number of piperazine rings is 1. The van der Waals surface area contributed by atoms with E-state index in [1.165, 1.54) is 21.8 Å². The van der Waals surface area contributed by atoms with Crippen LogP contribution in [-0.2, 0) is 10.0 Å². The van der Waals surface area contributed by atoms with Crippen LogP contribution in [0.25, 0.3) is 9.88 Å². The van der Waals surface area contributed by atoms with E-state index < -0.39 is 10.0 Å².